The van der Waals surface area contributed by atoms with Crippen molar-refractivity contribution in [2.75, 3.05) is 0 Å². The molecule has 0 heterocycles. The minimum atomic E-state index is -4.15. The highest BCUT2D eigenvalue weighted by molar-refractivity contribution is 5.90. The Balaban J connectivity index is 1.83. The van der Waals surface area contributed by atoms with E-state index >= 15 is 0 Å². The van der Waals surface area contributed by atoms with E-state index in [4.69, 9.17) is 4.74 Å². The predicted molar refractivity (Wildman–Crippen MR) is 91.7 cm³/mol. The summed E-state index contributed by atoms with van der Waals surface area (Å²) in [5.74, 6) is -0.874. The SMILES string of the molecule is CC(O)c1ccc2ccc(O[C@H]3CC[C@@H](C(F)(F)F)CC3)c(C#N)c2c1. The van der Waals surface area contributed by atoms with Gasteiger partial charge in [-0.25, -0.2) is 0 Å². The van der Waals surface area contributed by atoms with Gasteiger partial charge in [0.1, 0.15) is 17.4 Å². The zero-order valence-corrected chi connectivity index (χ0v) is 14.4. The number of fused-ring (bicyclic) bond motifs is 1. The fraction of sp³-hybridized carbons (Fsp3) is 0.450. The fourth-order valence-corrected chi connectivity index (χ4v) is 3.48. The van der Waals surface area contributed by atoms with Crippen LogP contribution in [-0.4, -0.2) is 17.4 Å². The fourth-order valence-electron chi connectivity index (χ4n) is 3.48. The summed E-state index contributed by atoms with van der Waals surface area (Å²) in [4.78, 5) is 0. The number of aliphatic hydroxyl groups is 1. The van der Waals surface area contributed by atoms with Crippen molar-refractivity contribution in [1.29, 1.82) is 5.26 Å². The summed E-state index contributed by atoms with van der Waals surface area (Å²) in [6.45, 7) is 1.65. The molecule has 1 aliphatic rings. The van der Waals surface area contributed by atoms with Crippen LogP contribution in [0.25, 0.3) is 10.8 Å². The first kappa shape index (κ1) is 18.5. The molecule has 1 fully saturated rings. The van der Waals surface area contributed by atoms with Gasteiger partial charge in [0, 0.05) is 5.39 Å². The summed E-state index contributed by atoms with van der Waals surface area (Å²) in [6, 6.07) is 11.0. The molecule has 6 heteroatoms. The highest BCUT2D eigenvalue weighted by Crippen LogP contribution is 2.39. The van der Waals surface area contributed by atoms with Crippen LogP contribution in [0.3, 0.4) is 0 Å². The van der Waals surface area contributed by atoms with Gasteiger partial charge in [-0.15, -0.1) is 0 Å². The molecule has 138 valence electrons. The Bertz CT molecular complexity index is 831. The maximum Gasteiger partial charge on any atom is 0.391 e. The van der Waals surface area contributed by atoms with Gasteiger partial charge in [0.25, 0.3) is 0 Å². The molecule has 0 bridgehead atoms. The molecule has 1 atom stereocenters. The van der Waals surface area contributed by atoms with E-state index < -0.39 is 18.2 Å². The average molecular weight is 363 g/mol. The van der Waals surface area contributed by atoms with Gasteiger partial charge in [-0.05, 0) is 55.7 Å². The van der Waals surface area contributed by atoms with E-state index in [0.717, 1.165) is 5.39 Å². The number of alkyl halides is 3. The molecular weight excluding hydrogens is 343 g/mol. The number of nitrogens with zero attached hydrogens (tertiary/aromatic N) is 1. The minimum Gasteiger partial charge on any atom is -0.489 e. The van der Waals surface area contributed by atoms with Crippen LogP contribution in [-0.2, 0) is 0 Å². The third-order valence-electron chi connectivity index (χ3n) is 5.03. The molecule has 0 aromatic heterocycles. The molecule has 0 saturated heterocycles. The van der Waals surface area contributed by atoms with Crippen molar-refractivity contribution >= 4 is 10.8 Å². The third-order valence-corrected chi connectivity index (χ3v) is 5.03. The molecular formula is C20H20F3NO2. The number of halogens is 3. The maximum absolute atomic E-state index is 12.8. The molecule has 1 unspecified atom stereocenters. The summed E-state index contributed by atoms with van der Waals surface area (Å²) in [5, 5.41) is 20.9. The van der Waals surface area contributed by atoms with Crippen LogP contribution in [0, 0.1) is 17.2 Å². The number of ether oxygens (including phenoxy) is 1. The smallest absolute Gasteiger partial charge is 0.391 e. The molecule has 3 rings (SSSR count). The van der Waals surface area contributed by atoms with E-state index in [9.17, 15) is 23.5 Å². The van der Waals surface area contributed by atoms with E-state index in [1.165, 1.54) is 0 Å². The lowest BCUT2D eigenvalue weighted by Gasteiger charge is -2.30. The molecule has 0 radical (unpaired) electrons. The van der Waals surface area contributed by atoms with Gasteiger partial charge in [-0.2, -0.15) is 18.4 Å². The van der Waals surface area contributed by atoms with Crippen LogP contribution in [0.5, 0.6) is 5.75 Å². The summed E-state index contributed by atoms with van der Waals surface area (Å²) >= 11 is 0. The van der Waals surface area contributed by atoms with Gasteiger partial charge in [-0.1, -0.05) is 18.2 Å². The topological polar surface area (TPSA) is 53.2 Å². The van der Waals surface area contributed by atoms with Crippen molar-refractivity contribution in [3.05, 3.63) is 41.5 Å². The molecule has 26 heavy (non-hydrogen) atoms. The monoisotopic (exact) mass is 363 g/mol. The summed E-state index contributed by atoms with van der Waals surface area (Å²) in [6.07, 6.45) is -4.39. The molecule has 1 saturated carbocycles. The number of hydrogen-bond acceptors (Lipinski definition) is 3. The Hall–Kier alpha value is -2.26. The Morgan fingerprint density at radius 3 is 2.38 bits per heavy atom. The maximum atomic E-state index is 12.8. The molecule has 3 nitrogen and oxygen atoms in total. The first-order valence-corrected chi connectivity index (χ1v) is 8.67. The molecule has 2 aromatic carbocycles. The number of nitriles is 1. The highest BCUT2D eigenvalue weighted by atomic mass is 19.4. The average Bonchev–Trinajstić information content (AvgIpc) is 2.60. The van der Waals surface area contributed by atoms with E-state index in [0.29, 0.717) is 35.1 Å². The number of benzene rings is 2. The first-order valence-electron chi connectivity index (χ1n) is 8.67. The zero-order chi connectivity index (χ0) is 18.9. The van der Waals surface area contributed by atoms with E-state index in [-0.39, 0.29) is 18.9 Å². The van der Waals surface area contributed by atoms with Crippen molar-refractivity contribution in [1.82, 2.24) is 0 Å². The van der Waals surface area contributed by atoms with Gasteiger partial charge in [0.15, 0.2) is 0 Å². The lowest BCUT2D eigenvalue weighted by molar-refractivity contribution is -0.185. The Morgan fingerprint density at radius 2 is 1.81 bits per heavy atom. The Morgan fingerprint density at radius 1 is 1.15 bits per heavy atom. The van der Waals surface area contributed by atoms with Crippen molar-refractivity contribution in [2.45, 2.75) is 51.0 Å². The second kappa shape index (κ2) is 7.16. The van der Waals surface area contributed by atoms with Crippen molar-refractivity contribution in [3.63, 3.8) is 0 Å². The molecule has 1 N–H and O–H groups in total. The van der Waals surface area contributed by atoms with E-state index in [1.54, 1.807) is 25.1 Å². The minimum absolute atomic E-state index is 0.0514. The second-order valence-electron chi connectivity index (χ2n) is 6.84. The van der Waals surface area contributed by atoms with Crippen LogP contribution in [0.4, 0.5) is 13.2 Å². The van der Waals surface area contributed by atoms with Crippen LogP contribution < -0.4 is 4.74 Å². The quantitative estimate of drug-likeness (QED) is 0.809. The van der Waals surface area contributed by atoms with Crippen LogP contribution in [0.1, 0.15) is 49.8 Å². The van der Waals surface area contributed by atoms with Gasteiger partial charge >= 0.3 is 6.18 Å². The summed E-state index contributed by atoms with van der Waals surface area (Å²) in [5.41, 5.74) is 1.04. The third kappa shape index (κ3) is 3.78. The Labute approximate surface area is 150 Å². The normalized spacial score (nSPS) is 22.0. The van der Waals surface area contributed by atoms with Crippen molar-refractivity contribution < 1.29 is 23.0 Å². The van der Waals surface area contributed by atoms with E-state index in [2.05, 4.69) is 6.07 Å². The predicted octanol–water partition coefficient (Wildman–Crippen LogP) is 5.26. The van der Waals surface area contributed by atoms with Crippen LogP contribution in [0.2, 0.25) is 0 Å². The van der Waals surface area contributed by atoms with Gasteiger partial charge < -0.3 is 9.84 Å². The van der Waals surface area contributed by atoms with Crippen molar-refractivity contribution in [2.24, 2.45) is 5.92 Å². The van der Waals surface area contributed by atoms with Gasteiger partial charge in [-0.3, -0.25) is 0 Å². The van der Waals surface area contributed by atoms with Gasteiger partial charge in [0.05, 0.1) is 18.1 Å². The number of aliphatic hydroxyl groups excluding tert-OH is 1. The van der Waals surface area contributed by atoms with Gasteiger partial charge in [0.2, 0.25) is 0 Å². The number of hydrogen-bond donors (Lipinski definition) is 1. The zero-order valence-electron chi connectivity index (χ0n) is 14.4. The summed E-state index contributed by atoms with van der Waals surface area (Å²) in [7, 11) is 0. The highest BCUT2D eigenvalue weighted by Gasteiger charge is 2.41. The largest absolute Gasteiger partial charge is 0.489 e. The standard InChI is InChI=1S/C20H20F3NO2/c1-12(25)14-3-2-13-4-9-19(18(11-24)17(13)10-14)26-16-7-5-15(6-8-16)20(21,22)23/h2-4,9-10,12,15-16,25H,5-8H2,1H3/t12?,15-,16+. The lowest BCUT2D eigenvalue weighted by atomic mass is 9.87. The lowest BCUT2D eigenvalue weighted by Crippen LogP contribution is -2.32. The molecule has 0 spiro atoms. The molecule has 2 aromatic rings. The van der Waals surface area contributed by atoms with Crippen molar-refractivity contribution in [3.8, 4) is 11.8 Å². The first-order chi connectivity index (χ1) is 12.3. The van der Waals surface area contributed by atoms with E-state index in [1.807, 2.05) is 12.1 Å². The molecule has 0 aliphatic heterocycles. The second-order valence-corrected chi connectivity index (χ2v) is 6.84. The number of rotatable bonds is 3. The molecule has 0 amide bonds. The molecule has 1 aliphatic carbocycles. The summed E-state index contributed by atoms with van der Waals surface area (Å²) < 4.78 is 44.3. The van der Waals surface area contributed by atoms with Crippen LogP contribution >= 0.6 is 0 Å². The Kier molecular flexibility index (Phi) is 5.10. The van der Waals surface area contributed by atoms with Crippen LogP contribution in [0.15, 0.2) is 30.3 Å².